The van der Waals surface area contributed by atoms with Gasteiger partial charge >= 0.3 is 75.8 Å². The van der Waals surface area contributed by atoms with Gasteiger partial charge in [-0.25, -0.2) is 0 Å². The second-order valence-electron chi connectivity index (χ2n) is 5.42. The van der Waals surface area contributed by atoms with Crippen molar-refractivity contribution in [1.82, 2.24) is 4.98 Å². The van der Waals surface area contributed by atoms with Crippen LogP contribution in [0.15, 0.2) is 48.8 Å². The fourth-order valence-corrected chi connectivity index (χ4v) is 1.75. The third-order valence-electron chi connectivity index (χ3n) is 3.09. The Labute approximate surface area is 219 Å². The molecular weight excluding hydrogens is 756 g/mol. The number of aryl methyl sites for hydroxylation is 2. The topological polar surface area (TPSA) is 149 Å². The van der Waals surface area contributed by atoms with Crippen LogP contribution < -0.4 is 0 Å². The number of pyridine rings is 1. The number of aromatic nitrogens is 1. The Balaban J connectivity index is -0.0000000731. The van der Waals surface area contributed by atoms with Crippen molar-refractivity contribution in [2.24, 2.45) is 0 Å². The van der Waals surface area contributed by atoms with Crippen molar-refractivity contribution in [3.8, 4) is 0 Å². The molecule has 1 aromatic heterocycles. The molecule has 12 heteroatoms. The molecule has 0 fully saturated rings. The molecule has 1 aromatic carbocycles. The molecule has 0 unspecified atom stereocenters. The summed E-state index contributed by atoms with van der Waals surface area (Å²) in [5.74, 6) is -0.116. The number of aliphatic carboxylic acids is 1. The predicted octanol–water partition coefficient (Wildman–Crippen LogP) is 8.03. The Hall–Kier alpha value is 0.192. The molecule has 31 heavy (non-hydrogen) atoms. The van der Waals surface area contributed by atoms with Gasteiger partial charge in [-0.3, -0.25) is 9.78 Å². The normalized spacial score (nSPS) is 8.13. The van der Waals surface area contributed by atoms with Crippen LogP contribution >= 0.6 is 38.2 Å². The molecule has 0 bridgehead atoms. The van der Waals surface area contributed by atoms with E-state index in [9.17, 15) is 4.79 Å². The van der Waals surface area contributed by atoms with Crippen molar-refractivity contribution in [3.63, 3.8) is 0 Å². The van der Waals surface area contributed by atoms with Gasteiger partial charge in [-0.05, 0) is 36.5 Å². The number of nitrogens with two attached hydrogens (primary N) is 2. The van der Waals surface area contributed by atoms with E-state index in [1.165, 1.54) is 11.1 Å². The third-order valence-corrected chi connectivity index (χ3v) is 3.09. The van der Waals surface area contributed by atoms with Crippen LogP contribution in [0.1, 0.15) is 42.9 Å². The number of hydrogen-bond acceptors (Lipinski definition) is 2. The molecule has 0 spiro atoms. The van der Waals surface area contributed by atoms with Gasteiger partial charge < -0.3 is 30.3 Å². The van der Waals surface area contributed by atoms with E-state index in [0.29, 0.717) is 12.3 Å². The van der Waals surface area contributed by atoms with E-state index in [2.05, 4.69) is 50.0 Å². The van der Waals surface area contributed by atoms with Gasteiger partial charge in [0.15, 0.2) is 0 Å². The standard InChI is InChI=1S/C10H14.C8H9NO2.CH3.4ClH.2H2N.H2O.Pt.Ru/c1-8(2)10-6-4-9(3)5-7-10;10-8(11)4-3-7-2-1-5-9-6-7;;;;;;;;;;/h4-8H,1-3H3;1-2,5-6H,3-4H2,(H,10,11);1H3;4*1H;3*1H2;;/q;;-1;;;;;2*-1;;+4;+2/p-4. The number of hydrogen-bond donors (Lipinski definition) is 1. The van der Waals surface area contributed by atoms with Crippen LogP contribution in [0.2, 0.25) is 0 Å². The number of rotatable bonds is 4. The van der Waals surface area contributed by atoms with Crippen LogP contribution in [0.3, 0.4) is 0 Å². The SMILES string of the molecule is Cc1ccc(C(C)C)cc1.O.O=C(O)CCc1cccnc1.[CH3-].[Cl][Pt+2][Cl].[Cl][Ru][Cl].[NH2-].[NH2-]. The van der Waals surface area contributed by atoms with Crippen molar-refractivity contribution in [3.05, 3.63) is 85.2 Å². The van der Waals surface area contributed by atoms with E-state index in [0.717, 1.165) is 5.56 Å². The fraction of sp³-hybridized carbons (Fsp3) is 0.316. The summed E-state index contributed by atoms with van der Waals surface area (Å²) < 4.78 is 0. The Kier molecular flexibility index (Phi) is 46.8. The van der Waals surface area contributed by atoms with Crippen LogP contribution in [0, 0.1) is 14.4 Å². The van der Waals surface area contributed by atoms with E-state index in [4.69, 9.17) is 43.3 Å². The maximum atomic E-state index is 10.2. The zero-order valence-corrected chi connectivity index (χ0v) is 24.8. The molecule has 0 atom stereocenters. The van der Waals surface area contributed by atoms with E-state index in [1.807, 2.05) is 6.07 Å². The number of nitrogens with zero attached hydrogens (tertiary/aromatic N) is 1. The van der Waals surface area contributed by atoms with Gasteiger partial charge in [0.05, 0.1) is 0 Å². The summed E-state index contributed by atoms with van der Waals surface area (Å²) in [5.41, 5.74) is 3.73. The summed E-state index contributed by atoms with van der Waals surface area (Å²) in [6.07, 6.45) is 4.09. The molecule has 0 aliphatic carbocycles. The van der Waals surface area contributed by atoms with Crippen LogP contribution in [-0.4, -0.2) is 21.5 Å². The second kappa shape index (κ2) is 32.4. The number of carboxylic acid groups (broad SMARTS) is 1. The maximum absolute atomic E-state index is 10.2. The summed E-state index contributed by atoms with van der Waals surface area (Å²) in [6.45, 7) is 6.54. The second-order valence-corrected chi connectivity index (χ2v) is 11.3. The average Bonchev–Trinajstić information content (AvgIpc) is 2.63. The van der Waals surface area contributed by atoms with Crippen molar-refractivity contribution in [2.75, 3.05) is 0 Å². The first-order valence-electron chi connectivity index (χ1n) is 7.67. The van der Waals surface area contributed by atoms with Crippen LogP contribution in [0.4, 0.5) is 0 Å². The van der Waals surface area contributed by atoms with Gasteiger partial charge in [-0.15, -0.1) is 0 Å². The monoisotopic (exact) mass is 787 g/mol. The third kappa shape index (κ3) is 32.5. The average molecular weight is 788 g/mol. The number of carbonyl (C=O) groups is 1. The van der Waals surface area contributed by atoms with Crippen molar-refractivity contribution < 1.29 is 47.0 Å². The zero-order chi connectivity index (χ0) is 21.1. The summed E-state index contributed by atoms with van der Waals surface area (Å²) in [5, 5.41) is 8.35. The Morgan fingerprint density at radius 3 is 1.90 bits per heavy atom. The first-order chi connectivity index (χ1) is 12.8. The fourth-order valence-electron chi connectivity index (χ4n) is 1.75. The first-order valence-corrected chi connectivity index (χ1v) is 17.8. The number of carboxylic acids is 1. The summed E-state index contributed by atoms with van der Waals surface area (Å²) in [7, 11) is 19.5. The van der Waals surface area contributed by atoms with Gasteiger partial charge in [0.2, 0.25) is 0 Å². The van der Waals surface area contributed by atoms with E-state index in [-0.39, 0.29) is 46.8 Å². The molecular formula is C19H32Cl4N3O3PtRu-. The minimum absolute atomic E-state index is 0. The smallest absolute Gasteiger partial charge is 0.693 e. The number of halogens is 4. The molecule has 0 aliphatic heterocycles. The van der Waals surface area contributed by atoms with Gasteiger partial charge in [-0.2, -0.15) is 0 Å². The maximum Gasteiger partial charge on any atom is -0.693 e. The van der Waals surface area contributed by atoms with E-state index >= 15 is 0 Å². The van der Waals surface area contributed by atoms with Crippen molar-refractivity contribution >= 4 is 44.2 Å². The molecule has 2 aromatic rings. The Morgan fingerprint density at radius 1 is 1.13 bits per heavy atom. The van der Waals surface area contributed by atoms with Crippen LogP contribution in [0.25, 0.3) is 12.3 Å². The molecule has 0 saturated carbocycles. The summed E-state index contributed by atoms with van der Waals surface area (Å²) in [6, 6.07) is 12.4. The number of benzene rings is 1. The zero-order valence-electron chi connectivity index (χ0n) is 17.7. The largest absolute Gasteiger partial charge is 0.693 e. The van der Waals surface area contributed by atoms with Crippen molar-refractivity contribution in [1.29, 1.82) is 0 Å². The molecule has 2 rings (SSSR count). The van der Waals surface area contributed by atoms with Gasteiger partial charge in [-0.1, -0.05) is 49.7 Å². The minimum atomic E-state index is -0.770. The van der Waals surface area contributed by atoms with E-state index < -0.39 is 22.5 Å². The molecule has 188 valence electrons. The van der Waals surface area contributed by atoms with Gasteiger partial charge in [0, 0.05) is 18.8 Å². The van der Waals surface area contributed by atoms with Crippen LogP contribution in [0.5, 0.6) is 0 Å². The molecule has 0 aliphatic rings. The predicted molar refractivity (Wildman–Crippen MR) is 129 cm³/mol. The quantitative estimate of drug-likeness (QED) is 0.247. The molecule has 0 amide bonds. The van der Waals surface area contributed by atoms with E-state index in [1.54, 1.807) is 18.5 Å². The molecule has 1 heterocycles. The molecule has 6 nitrogen and oxygen atoms in total. The molecule has 0 radical (unpaired) electrons. The first kappa shape index (κ1) is 44.8. The minimum Gasteiger partial charge on any atom is -0.693 e. The Bertz CT molecular complexity index is 600. The molecule has 0 saturated heterocycles. The van der Waals surface area contributed by atoms with Crippen LogP contribution in [-0.2, 0) is 42.8 Å². The summed E-state index contributed by atoms with van der Waals surface area (Å²) >= 11 is -0.818. The summed E-state index contributed by atoms with van der Waals surface area (Å²) in [4.78, 5) is 14.0. The van der Waals surface area contributed by atoms with Gasteiger partial charge in [0.25, 0.3) is 0 Å². The van der Waals surface area contributed by atoms with Crippen molar-refractivity contribution in [2.45, 2.75) is 39.5 Å². The molecule has 7 N–H and O–H groups in total. The Morgan fingerprint density at radius 2 is 1.58 bits per heavy atom. The van der Waals surface area contributed by atoms with Gasteiger partial charge in [0.1, 0.15) is 0 Å².